The lowest BCUT2D eigenvalue weighted by Crippen LogP contribution is -2.45. The maximum absolute atomic E-state index is 11.9. The number of nitrogens with zero attached hydrogens (tertiary/aromatic N) is 1. The van der Waals surface area contributed by atoms with Crippen molar-refractivity contribution in [1.29, 1.82) is 0 Å². The van der Waals surface area contributed by atoms with Crippen molar-refractivity contribution in [3.63, 3.8) is 0 Å². The summed E-state index contributed by atoms with van der Waals surface area (Å²) in [6.07, 6.45) is 1.63. The molecule has 1 saturated heterocycles. The van der Waals surface area contributed by atoms with Crippen LogP contribution in [0.2, 0.25) is 0 Å². The molecule has 1 aromatic carbocycles. The fourth-order valence-electron chi connectivity index (χ4n) is 3.02. The highest BCUT2D eigenvalue weighted by atomic mass is 32.2. The van der Waals surface area contributed by atoms with Crippen LogP contribution in [0.5, 0.6) is 0 Å². The van der Waals surface area contributed by atoms with Crippen molar-refractivity contribution < 1.29 is 13.2 Å². The molecule has 7 heteroatoms. The van der Waals surface area contributed by atoms with E-state index in [4.69, 9.17) is 0 Å². The second-order valence-corrected chi connectivity index (χ2v) is 8.53. The van der Waals surface area contributed by atoms with Crippen molar-refractivity contribution in [2.45, 2.75) is 45.7 Å². The molecule has 2 rings (SSSR count). The number of hydrogen-bond acceptors (Lipinski definition) is 4. The second kappa shape index (κ2) is 8.09. The molecule has 6 nitrogen and oxygen atoms in total. The number of carbonyl (C=O) groups is 1. The molecule has 0 bridgehead atoms. The largest absolute Gasteiger partial charge is 0.326 e. The van der Waals surface area contributed by atoms with Crippen molar-refractivity contribution in [2.75, 3.05) is 24.2 Å². The number of amides is 1. The SMILES string of the molecule is CCS(=O)(=O)N1CCC(NC(C)c2cccc(NC(C)=O)c2)CC1. The van der Waals surface area contributed by atoms with Gasteiger partial charge in [0.1, 0.15) is 0 Å². The molecule has 1 amide bonds. The van der Waals surface area contributed by atoms with Crippen molar-refractivity contribution >= 4 is 21.6 Å². The first-order valence-electron chi connectivity index (χ1n) is 8.43. The average molecular weight is 353 g/mol. The molecule has 0 aromatic heterocycles. The molecule has 1 heterocycles. The van der Waals surface area contributed by atoms with Gasteiger partial charge in [0.15, 0.2) is 0 Å². The molecule has 24 heavy (non-hydrogen) atoms. The zero-order valence-electron chi connectivity index (χ0n) is 14.6. The standard InChI is InChI=1S/C17H27N3O3S/c1-4-24(22,23)20-10-8-16(9-11-20)18-13(2)15-6-5-7-17(12-15)19-14(3)21/h5-7,12-13,16,18H,4,8-11H2,1-3H3,(H,19,21). The summed E-state index contributed by atoms with van der Waals surface area (Å²) in [4.78, 5) is 11.2. The van der Waals surface area contributed by atoms with E-state index in [-0.39, 0.29) is 17.7 Å². The summed E-state index contributed by atoms with van der Waals surface area (Å²) < 4.78 is 25.4. The Balaban J connectivity index is 1.92. The van der Waals surface area contributed by atoms with Crippen LogP contribution < -0.4 is 10.6 Å². The zero-order chi connectivity index (χ0) is 17.7. The molecule has 1 unspecified atom stereocenters. The Morgan fingerprint density at radius 3 is 2.58 bits per heavy atom. The third-order valence-electron chi connectivity index (χ3n) is 4.40. The number of piperidine rings is 1. The van der Waals surface area contributed by atoms with Crippen LogP contribution in [0.3, 0.4) is 0 Å². The maximum Gasteiger partial charge on any atom is 0.221 e. The van der Waals surface area contributed by atoms with Gasteiger partial charge in [-0.1, -0.05) is 12.1 Å². The Hall–Kier alpha value is -1.44. The highest BCUT2D eigenvalue weighted by Gasteiger charge is 2.27. The summed E-state index contributed by atoms with van der Waals surface area (Å²) >= 11 is 0. The van der Waals surface area contributed by atoms with Gasteiger partial charge in [-0.2, -0.15) is 0 Å². The van der Waals surface area contributed by atoms with Crippen LogP contribution in [0.4, 0.5) is 5.69 Å². The van der Waals surface area contributed by atoms with Gasteiger partial charge in [-0.15, -0.1) is 0 Å². The van der Waals surface area contributed by atoms with Crippen molar-refractivity contribution in [1.82, 2.24) is 9.62 Å². The number of nitrogens with one attached hydrogen (secondary N) is 2. The van der Waals surface area contributed by atoms with E-state index in [0.29, 0.717) is 19.1 Å². The van der Waals surface area contributed by atoms with Gasteiger partial charge in [-0.05, 0) is 44.4 Å². The maximum atomic E-state index is 11.9. The van der Waals surface area contributed by atoms with Gasteiger partial charge in [0.2, 0.25) is 15.9 Å². The normalized spacial score (nSPS) is 18.3. The Labute approximate surface area is 144 Å². The van der Waals surface area contributed by atoms with Crippen molar-refractivity contribution in [2.24, 2.45) is 0 Å². The Morgan fingerprint density at radius 2 is 2.00 bits per heavy atom. The first kappa shape index (κ1) is 18.9. The molecule has 1 atom stereocenters. The van der Waals surface area contributed by atoms with Gasteiger partial charge in [-0.3, -0.25) is 4.79 Å². The minimum absolute atomic E-state index is 0.0859. The highest BCUT2D eigenvalue weighted by Crippen LogP contribution is 2.21. The average Bonchev–Trinajstić information content (AvgIpc) is 2.55. The van der Waals surface area contributed by atoms with Gasteiger partial charge in [0.25, 0.3) is 0 Å². The van der Waals surface area contributed by atoms with E-state index in [1.54, 1.807) is 11.2 Å². The molecule has 2 N–H and O–H groups in total. The third-order valence-corrected chi connectivity index (χ3v) is 6.29. The number of anilines is 1. The number of hydrogen-bond donors (Lipinski definition) is 2. The van der Waals surface area contributed by atoms with Gasteiger partial charge in [-0.25, -0.2) is 12.7 Å². The lowest BCUT2D eigenvalue weighted by atomic mass is 10.0. The molecule has 1 aromatic rings. The molecule has 0 saturated carbocycles. The molecule has 0 spiro atoms. The number of carbonyl (C=O) groups excluding carboxylic acids is 1. The minimum atomic E-state index is -3.08. The summed E-state index contributed by atoms with van der Waals surface area (Å²) in [7, 11) is -3.08. The molecule has 1 fully saturated rings. The van der Waals surface area contributed by atoms with E-state index in [9.17, 15) is 13.2 Å². The van der Waals surface area contributed by atoms with Gasteiger partial charge in [0, 0.05) is 37.8 Å². The topological polar surface area (TPSA) is 78.5 Å². The summed E-state index contributed by atoms with van der Waals surface area (Å²) in [6, 6.07) is 8.22. The third kappa shape index (κ3) is 5.03. The van der Waals surface area contributed by atoms with E-state index in [1.165, 1.54) is 6.92 Å². The smallest absolute Gasteiger partial charge is 0.221 e. The number of benzene rings is 1. The summed E-state index contributed by atoms with van der Waals surface area (Å²) in [5, 5.41) is 6.36. The van der Waals surface area contributed by atoms with E-state index in [0.717, 1.165) is 24.1 Å². The van der Waals surface area contributed by atoms with Crippen LogP contribution in [0.25, 0.3) is 0 Å². The number of rotatable bonds is 6. The minimum Gasteiger partial charge on any atom is -0.326 e. The molecular weight excluding hydrogens is 326 g/mol. The van der Waals surface area contributed by atoms with Crippen molar-refractivity contribution in [3.8, 4) is 0 Å². The summed E-state index contributed by atoms with van der Waals surface area (Å²) in [5.41, 5.74) is 1.89. The Morgan fingerprint density at radius 1 is 1.33 bits per heavy atom. The molecule has 134 valence electrons. The first-order valence-corrected chi connectivity index (χ1v) is 10.0. The first-order chi connectivity index (χ1) is 11.3. The summed E-state index contributed by atoms with van der Waals surface area (Å²) in [5.74, 6) is 0.0783. The van der Waals surface area contributed by atoms with Gasteiger partial charge in [0.05, 0.1) is 5.75 Å². The van der Waals surface area contributed by atoms with E-state index < -0.39 is 10.0 Å². The molecule has 1 aliphatic rings. The lowest BCUT2D eigenvalue weighted by Gasteiger charge is -2.33. The fourth-order valence-corrected chi connectivity index (χ4v) is 4.15. The van der Waals surface area contributed by atoms with Gasteiger partial charge < -0.3 is 10.6 Å². The summed E-state index contributed by atoms with van der Waals surface area (Å²) in [6.45, 7) is 6.41. The molecule has 0 aliphatic carbocycles. The monoisotopic (exact) mass is 353 g/mol. The van der Waals surface area contributed by atoms with Crippen LogP contribution in [-0.2, 0) is 14.8 Å². The van der Waals surface area contributed by atoms with Crippen LogP contribution >= 0.6 is 0 Å². The van der Waals surface area contributed by atoms with Gasteiger partial charge >= 0.3 is 0 Å². The zero-order valence-corrected chi connectivity index (χ0v) is 15.4. The number of sulfonamides is 1. The van der Waals surface area contributed by atoms with Crippen LogP contribution in [-0.4, -0.2) is 43.5 Å². The Bertz CT molecular complexity index is 667. The quantitative estimate of drug-likeness (QED) is 0.821. The van der Waals surface area contributed by atoms with Crippen LogP contribution in [0.15, 0.2) is 24.3 Å². The molecule has 0 radical (unpaired) electrons. The van der Waals surface area contributed by atoms with Crippen LogP contribution in [0.1, 0.15) is 45.2 Å². The Kier molecular flexibility index (Phi) is 6.37. The van der Waals surface area contributed by atoms with E-state index in [1.807, 2.05) is 24.3 Å². The van der Waals surface area contributed by atoms with Crippen LogP contribution in [0, 0.1) is 0 Å². The van der Waals surface area contributed by atoms with Crippen molar-refractivity contribution in [3.05, 3.63) is 29.8 Å². The fraction of sp³-hybridized carbons (Fsp3) is 0.588. The molecular formula is C17H27N3O3S. The predicted octanol–water partition coefficient (Wildman–Crippen LogP) is 2.11. The predicted molar refractivity (Wildman–Crippen MR) is 96.4 cm³/mol. The van der Waals surface area contributed by atoms with E-state index in [2.05, 4.69) is 17.6 Å². The molecule has 1 aliphatic heterocycles. The highest BCUT2D eigenvalue weighted by molar-refractivity contribution is 7.89. The second-order valence-electron chi connectivity index (χ2n) is 6.27. The lowest BCUT2D eigenvalue weighted by molar-refractivity contribution is -0.114. The van der Waals surface area contributed by atoms with E-state index >= 15 is 0 Å².